The van der Waals surface area contributed by atoms with Gasteiger partial charge in [0.2, 0.25) is 0 Å². The van der Waals surface area contributed by atoms with Crippen molar-refractivity contribution in [1.29, 1.82) is 0 Å². The lowest BCUT2D eigenvalue weighted by molar-refractivity contribution is -0.115. The summed E-state index contributed by atoms with van der Waals surface area (Å²) in [5, 5.41) is 2.79. The Labute approximate surface area is 129 Å². The van der Waals surface area contributed by atoms with E-state index in [4.69, 9.17) is 4.74 Å². The van der Waals surface area contributed by atoms with Crippen LogP contribution < -0.4 is 10.1 Å². The largest absolute Gasteiger partial charge is 0.497 e. The molecule has 3 rings (SSSR count). The average Bonchev–Trinajstić information content (AvgIpc) is 2.91. The Hall–Kier alpha value is -2.88. The summed E-state index contributed by atoms with van der Waals surface area (Å²) < 4.78 is 5.19. The van der Waals surface area contributed by atoms with E-state index in [0.29, 0.717) is 11.5 Å². The number of aliphatic imine (C=N–C) groups is 1. The van der Waals surface area contributed by atoms with Crippen LogP contribution in [0.25, 0.3) is 6.08 Å². The van der Waals surface area contributed by atoms with Crippen molar-refractivity contribution in [3.05, 3.63) is 70.9 Å². The molecule has 0 atom stereocenters. The van der Waals surface area contributed by atoms with Gasteiger partial charge in [0.25, 0.3) is 5.91 Å². The molecular formula is C18H16N2O2. The van der Waals surface area contributed by atoms with Crippen LogP contribution in [0.15, 0.2) is 59.2 Å². The molecule has 0 unspecified atom stereocenters. The Morgan fingerprint density at radius 1 is 1.14 bits per heavy atom. The Kier molecular flexibility index (Phi) is 3.74. The minimum atomic E-state index is -0.196. The summed E-state index contributed by atoms with van der Waals surface area (Å²) in [5.74, 6) is 1.08. The van der Waals surface area contributed by atoms with Crippen LogP contribution >= 0.6 is 0 Å². The highest BCUT2D eigenvalue weighted by Crippen LogP contribution is 2.18. The molecule has 0 bridgehead atoms. The first-order valence-corrected chi connectivity index (χ1v) is 6.98. The van der Waals surface area contributed by atoms with Crippen LogP contribution in [0.4, 0.5) is 0 Å². The molecule has 0 fully saturated rings. The van der Waals surface area contributed by atoms with Gasteiger partial charge in [-0.3, -0.25) is 4.79 Å². The van der Waals surface area contributed by atoms with Gasteiger partial charge >= 0.3 is 0 Å². The zero-order chi connectivity index (χ0) is 15.5. The molecule has 2 aromatic rings. The minimum absolute atomic E-state index is 0.196. The van der Waals surface area contributed by atoms with Gasteiger partial charge in [0, 0.05) is 5.56 Å². The Morgan fingerprint density at radius 2 is 1.91 bits per heavy atom. The second-order valence-corrected chi connectivity index (χ2v) is 5.09. The molecule has 0 saturated heterocycles. The van der Waals surface area contributed by atoms with Gasteiger partial charge in [-0.05, 0) is 30.7 Å². The van der Waals surface area contributed by atoms with Crippen molar-refractivity contribution in [2.45, 2.75) is 6.92 Å². The minimum Gasteiger partial charge on any atom is -0.497 e. The number of amides is 1. The molecule has 1 amide bonds. The van der Waals surface area contributed by atoms with Crippen molar-refractivity contribution in [3.63, 3.8) is 0 Å². The number of hydrogen-bond acceptors (Lipinski definition) is 3. The number of carbonyl (C=O) groups is 1. The lowest BCUT2D eigenvalue weighted by Gasteiger charge is -2.03. The number of amidine groups is 1. The maximum Gasteiger partial charge on any atom is 0.275 e. The highest BCUT2D eigenvalue weighted by molar-refractivity contribution is 6.19. The molecule has 0 radical (unpaired) electrons. The van der Waals surface area contributed by atoms with E-state index in [0.717, 1.165) is 16.9 Å². The molecule has 0 aromatic heterocycles. The summed E-state index contributed by atoms with van der Waals surface area (Å²) in [7, 11) is 1.61. The van der Waals surface area contributed by atoms with E-state index in [1.54, 1.807) is 13.2 Å². The first-order chi connectivity index (χ1) is 10.7. The third kappa shape index (κ3) is 2.91. The average molecular weight is 292 g/mol. The van der Waals surface area contributed by atoms with Crippen LogP contribution in [-0.2, 0) is 4.79 Å². The number of nitrogens with one attached hydrogen (secondary N) is 1. The molecule has 1 aliphatic rings. The lowest BCUT2D eigenvalue weighted by Crippen LogP contribution is -2.24. The first-order valence-electron chi connectivity index (χ1n) is 6.98. The van der Waals surface area contributed by atoms with Crippen molar-refractivity contribution in [1.82, 2.24) is 5.32 Å². The van der Waals surface area contributed by atoms with Gasteiger partial charge in [0.05, 0.1) is 7.11 Å². The summed E-state index contributed by atoms with van der Waals surface area (Å²) in [6.07, 6.45) is 1.78. The molecule has 2 aromatic carbocycles. The van der Waals surface area contributed by atoms with Gasteiger partial charge in [0.15, 0.2) is 0 Å². The molecule has 0 aliphatic carbocycles. The number of rotatable bonds is 3. The summed E-state index contributed by atoms with van der Waals surface area (Å²) in [6, 6.07) is 15.4. The fourth-order valence-corrected chi connectivity index (χ4v) is 2.20. The van der Waals surface area contributed by atoms with Crippen LogP contribution in [0.5, 0.6) is 5.75 Å². The number of ether oxygens (including phenoxy) is 1. The maximum atomic E-state index is 12.1. The van der Waals surface area contributed by atoms with Crippen molar-refractivity contribution in [3.8, 4) is 5.75 Å². The van der Waals surface area contributed by atoms with Crippen molar-refractivity contribution in [2.24, 2.45) is 4.99 Å². The Morgan fingerprint density at radius 3 is 2.64 bits per heavy atom. The summed E-state index contributed by atoms with van der Waals surface area (Å²) >= 11 is 0. The second-order valence-electron chi connectivity index (χ2n) is 5.09. The van der Waals surface area contributed by atoms with Crippen LogP contribution in [-0.4, -0.2) is 18.9 Å². The van der Waals surface area contributed by atoms with E-state index in [9.17, 15) is 4.79 Å². The van der Waals surface area contributed by atoms with Gasteiger partial charge in [0.1, 0.15) is 17.3 Å². The predicted octanol–water partition coefficient (Wildman–Crippen LogP) is 2.92. The molecular weight excluding hydrogens is 276 g/mol. The van der Waals surface area contributed by atoms with Gasteiger partial charge in [-0.15, -0.1) is 0 Å². The number of carbonyl (C=O) groups excluding carboxylic acids is 1. The van der Waals surface area contributed by atoms with Gasteiger partial charge in [-0.1, -0.05) is 42.0 Å². The Bertz CT molecular complexity index is 774. The lowest BCUT2D eigenvalue weighted by atomic mass is 10.1. The molecule has 110 valence electrons. The second kappa shape index (κ2) is 5.85. The third-order valence-electron chi connectivity index (χ3n) is 3.42. The summed E-state index contributed by atoms with van der Waals surface area (Å²) in [6.45, 7) is 2.03. The van der Waals surface area contributed by atoms with Crippen LogP contribution in [0.2, 0.25) is 0 Å². The SMILES string of the molecule is COc1cccc(C2=N/C(=C/c3ccc(C)cc3)C(=O)N2)c1. The zero-order valence-electron chi connectivity index (χ0n) is 12.5. The van der Waals surface area contributed by atoms with E-state index in [1.165, 1.54) is 5.56 Å². The quantitative estimate of drug-likeness (QED) is 0.884. The zero-order valence-corrected chi connectivity index (χ0v) is 12.5. The van der Waals surface area contributed by atoms with E-state index in [-0.39, 0.29) is 5.91 Å². The van der Waals surface area contributed by atoms with E-state index in [1.807, 2.05) is 55.5 Å². The number of aryl methyl sites for hydroxylation is 1. The molecule has 0 spiro atoms. The monoisotopic (exact) mass is 292 g/mol. The Balaban J connectivity index is 1.92. The van der Waals surface area contributed by atoms with Crippen molar-refractivity contribution < 1.29 is 9.53 Å². The van der Waals surface area contributed by atoms with Crippen molar-refractivity contribution >= 4 is 17.8 Å². The first kappa shape index (κ1) is 14.1. The van der Waals surface area contributed by atoms with Gasteiger partial charge in [-0.2, -0.15) is 0 Å². The number of hydrogen-bond donors (Lipinski definition) is 1. The standard InChI is InChI=1S/C18H16N2O2/c1-12-6-8-13(9-7-12)10-16-18(21)20-17(19-16)14-4-3-5-15(11-14)22-2/h3-11H,1-2H3,(H,19,20,21)/b16-10+. The fourth-order valence-electron chi connectivity index (χ4n) is 2.20. The van der Waals surface area contributed by atoms with Gasteiger partial charge < -0.3 is 10.1 Å². The third-order valence-corrected chi connectivity index (χ3v) is 3.42. The van der Waals surface area contributed by atoms with Crippen LogP contribution in [0.1, 0.15) is 16.7 Å². The normalized spacial score (nSPS) is 15.6. The molecule has 4 nitrogen and oxygen atoms in total. The molecule has 1 aliphatic heterocycles. The maximum absolute atomic E-state index is 12.1. The number of benzene rings is 2. The summed E-state index contributed by atoms with van der Waals surface area (Å²) in [4.78, 5) is 16.5. The molecule has 4 heteroatoms. The van der Waals surface area contributed by atoms with Crippen molar-refractivity contribution in [2.75, 3.05) is 7.11 Å². The highest BCUT2D eigenvalue weighted by Gasteiger charge is 2.21. The van der Waals surface area contributed by atoms with Crippen LogP contribution in [0.3, 0.4) is 0 Å². The summed E-state index contributed by atoms with van der Waals surface area (Å²) in [5.41, 5.74) is 3.35. The fraction of sp³-hybridized carbons (Fsp3) is 0.111. The van der Waals surface area contributed by atoms with E-state index in [2.05, 4.69) is 10.3 Å². The predicted molar refractivity (Wildman–Crippen MR) is 86.8 cm³/mol. The molecule has 0 saturated carbocycles. The number of nitrogens with zero attached hydrogens (tertiary/aromatic N) is 1. The molecule has 1 N–H and O–H groups in total. The topological polar surface area (TPSA) is 50.7 Å². The number of methoxy groups -OCH3 is 1. The molecule has 1 heterocycles. The smallest absolute Gasteiger partial charge is 0.275 e. The van der Waals surface area contributed by atoms with Gasteiger partial charge in [-0.25, -0.2) is 4.99 Å². The molecule has 22 heavy (non-hydrogen) atoms. The highest BCUT2D eigenvalue weighted by atomic mass is 16.5. The van der Waals surface area contributed by atoms with E-state index < -0.39 is 0 Å². The van der Waals surface area contributed by atoms with Crippen LogP contribution in [0, 0.1) is 6.92 Å². The van der Waals surface area contributed by atoms with E-state index >= 15 is 0 Å².